The van der Waals surface area contributed by atoms with Gasteiger partial charge >= 0.3 is 0 Å². The normalized spacial score (nSPS) is 24.1. The van der Waals surface area contributed by atoms with Gasteiger partial charge in [0.2, 0.25) is 5.91 Å². The smallest absolute Gasteiger partial charge is 0.249 e. The Bertz CT molecular complexity index is 1090. The molecule has 1 aliphatic heterocycles. The quantitative estimate of drug-likeness (QED) is 0.638. The number of nitrogens with zero attached hydrogens (tertiary/aromatic N) is 5. The number of aromatic nitrogens is 4. The van der Waals surface area contributed by atoms with Crippen LogP contribution >= 0.6 is 0 Å². The standard InChI is InChI=1S/C23H26FN5O2/c1-15-8-19(12-25-11-15)21-6-7-31-29(21)23(30)18-4-2-16(3-5-18)9-17-10-20(24)22-26-14-27-28(22)13-17/h8,10-14,16,18,21H,2-7,9H2,1H3/t16-,18-,21-/m0/s1. The van der Waals surface area contributed by atoms with Crippen LogP contribution in [0.2, 0.25) is 0 Å². The first-order valence-electron chi connectivity index (χ1n) is 10.9. The molecule has 1 aliphatic carbocycles. The minimum absolute atomic E-state index is 0.0239. The van der Waals surface area contributed by atoms with Crippen molar-refractivity contribution >= 4 is 11.6 Å². The Balaban J connectivity index is 1.21. The van der Waals surface area contributed by atoms with Crippen LogP contribution in [0.4, 0.5) is 4.39 Å². The van der Waals surface area contributed by atoms with E-state index < -0.39 is 0 Å². The summed E-state index contributed by atoms with van der Waals surface area (Å²) in [6, 6.07) is 3.57. The van der Waals surface area contributed by atoms with E-state index in [9.17, 15) is 9.18 Å². The molecule has 0 N–H and O–H groups in total. The van der Waals surface area contributed by atoms with Crippen LogP contribution in [0.15, 0.2) is 37.1 Å². The number of rotatable bonds is 4. The van der Waals surface area contributed by atoms with Crippen LogP contribution in [-0.2, 0) is 16.1 Å². The van der Waals surface area contributed by atoms with Crippen LogP contribution in [0.5, 0.6) is 0 Å². The third kappa shape index (κ3) is 4.04. The molecule has 0 aromatic carbocycles. The number of hydroxylamine groups is 2. The highest BCUT2D eigenvalue weighted by Gasteiger charge is 2.37. The van der Waals surface area contributed by atoms with Crippen LogP contribution in [0.1, 0.15) is 54.8 Å². The minimum Gasteiger partial charge on any atom is -0.272 e. The molecule has 1 saturated carbocycles. The molecule has 1 saturated heterocycles. The van der Waals surface area contributed by atoms with Crippen molar-refractivity contribution in [1.29, 1.82) is 0 Å². The number of halogens is 1. The zero-order valence-electron chi connectivity index (χ0n) is 17.6. The van der Waals surface area contributed by atoms with Crippen LogP contribution in [-0.4, -0.2) is 37.2 Å². The molecule has 1 atom stereocenters. The maximum absolute atomic E-state index is 14.2. The molecule has 162 valence electrons. The number of carbonyl (C=O) groups is 1. The predicted octanol–water partition coefficient (Wildman–Crippen LogP) is 3.83. The van der Waals surface area contributed by atoms with Gasteiger partial charge in [-0.1, -0.05) is 6.07 Å². The Hall–Kier alpha value is -2.87. The number of fused-ring (bicyclic) bond motifs is 1. The fourth-order valence-electron chi connectivity index (χ4n) is 4.93. The topological polar surface area (TPSA) is 72.6 Å². The Kier molecular flexibility index (Phi) is 5.40. The Labute approximate surface area is 180 Å². The zero-order valence-corrected chi connectivity index (χ0v) is 17.6. The molecule has 5 rings (SSSR count). The summed E-state index contributed by atoms with van der Waals surface area (Å²) in [7, 11) is 0. The molecule has 0 unspecified atom stereocenters. The molecule has 31 heavy (non-hydrogen) atoms. The van der Waals surface area contributed by atoms with Gasteiger partial charge in [-0.3, -0.25) is 14.6 Å². The maximum Gasteiger partial charge on any atom is 0.249 e. The average Bonchev–Trinajstić information content (AvgIpc) is 3.44. The van der Waals surface area contributed by atoms with Crippen molar-refractivity contribution in [1.82, 2.24) is 24.6 Å². The maximum atomic E-state index is 14.2. The summed E-state index contributed by atoms with van der Waals surface area (Å²) < 4.78 is 15.7. The Morgan fingerprint density at radius 2 is 2.03 bits per heavy atom. The van der Waals surface area contributed by atoms with E-state index in [0.29, 0.717) is 12.5 Å². The number of aryl methyl sites for hydroxylation is 1. The van der Waals surface area contributed by atoms with Gasteiger partial charge in [-0.05, 0) is 67.7 Å². The predicted molar refractivity (Wildman–Crippen MR) is 111 cm³/mol. The van der Waals surface area contributed by atoms with Gasteiger partial charge in [-0.2, -0.15) is 5.10 Å². The van der Waals surface area contributed by atoms with E-state index in [1.165, 1.54) is 10.8 Å². The van der Waals surface area contributed by atoms with E-state index in [4.69, 9.17) is 4.84 Å². The van der Waals surface area contributed by atoms with Crippen molar-refractivity contribution in [3.63, 3.8) is 0 Å². The van der Waals surface area contributed by atoms with Gasteiger partial charge in [-0.15, -0.1) is 0 Å². The first-order chi connectivity index (χ1) is 15.1. The largest absolute Gasteiger partial charge is 0.272 e. The van der Waals surface area contributed by atoms with Gasteiger partial charge in [0.25, 0.3) is 0 Å². The van der Waals surface area contributed by atoms with Crippen LogP contribution in [0, 0.1) is 24.6 Å². The van der Waals surface area contributed by atoms with E-state index in [-0.39, 0.29) is 29.3 Å². The highest BCUT2D eigenvalue weighted by molar-refractivity contribution is 5.78. The van der Waals surface area contributed by atoms with Gasteiger partial charge < -0.3 is 0 Å². The zero-order chi connectivity index (χ0) is 21.4. The van der Waals surface area contributed by atoms with Crippen molar-refractivity contribution in [2.45, 2.75) is 51.5 Å². The van der Waals surface area contributed by atoms with Gasteiger partial charge in [-0.25, -0.2) is 19.0 Å². The van der Waals surface area contributed by atoms with Crippen molar-refractivity contribution in [2.24, 2.45) is 11.8 Å². The summed E-state index contributed by atoms with van der Waals surface area (Å²) in [6.45, 7) is 2.56. The highest BCUT2D eigenvalue weighted by Crippen LogP contribution is 2.37. The number of pyridine rings is 2. The molecule has 2 aliphatic rings. The van der Waals surface area contributed by atoms with Gasteiger partial charge in [0.15, 0.2) is 11.5 Å². The molecule has 8 heteroatoms. The molecule has 0 radical (unpaired) electrons. The summed E-state index contributed by atoms with van der Waals surface area (Å²) in [5, 5.41) is 5.64. The van der Waals surface area contributed by atoms with E-state index in [1.54, 1.807) is 11.1 Å². The minimum atomic E-state index is -0.346. The second-order valence-electron chi connectivity index (χ2n) is 8.74. The summed E-state index contributed by atoms with van der Waals surface area (Å²) in [6.07, 6.45) is 12.0. The molecule has 0 bridgehead atoms. The SMILES string of the molecule is Cc1cncc([C@@H]2CCON2C(=O)[C@H]2CC[C@H](Cc3cc(F)c4ncnn4c3)CC2)c1. The fraction of sp³-hybridized carbons (Fsp3) is 0.478. The molecule has 2 fully saturated rings. The first kappa shape index (κ1) is 20.1. The van der Waals surface area contributed by atoms with E-state index >= 15 is 0 Å². The second-order valence-corrected chi connectivity index (χ2v) is 8.74. The molecular weight excluding hydrogens is 397 g/mol. The van der Waals surface area contributed by atoms with Crippen LogP contribution < -0.4 is 0 Å². The van der Waals surface area contributed by atoms with Crippen molar-refractivity contribution in [2.75, 3.05) is 6.61 Å². The number of carbonyl (C=O) groups excluding carboxylic acids is 1. The summed E-state index contributed by atoms with van der Waals surface area (Å²) in [4.78, 5) is 27.2. The lowest BCUT2D eigenvalue weighted by Gasteiger charge is -2.32. The lowest BCUT2D eigenvalue weighted by molar-refractivity contribution is -0.183. The van der Waals surface area contributed by atoms with Gasteiger partial charge in [0.05, 0.1) is 12.6 Å². The van der Waals surface area contributed by atoms with Crippen LogP contribution in [0.3, 0.4) is 0 Å². The number of amides is 1. The molecule has 1 amide bonds. The molecule has 7 nitrogen and oxygen atoms in total. The molecule has 4 heterocycles. The van der Waals surface area contributed by atoms with E-state index in [0.717, 1.165) is 55.2 Å². The van der Waals surface area contributed by atoms with Crippen molar-refractivity contribution in [3.8, 4) is 0 Å². The Morgan fingerprint density at radius 3 is 2.84 bits per heavy atom. The fourth-order valence-corrected chi connectivity index (χ4v) is 4.93. The lowest BCUT2D eigenvalue weighted by atomic mass is 9.79. The summed E-state index contributed by atoms with van der Waals surface area (Å²) in [5.74, 6) is 0.143. The third-order valence-corrected chi connectivity index (χ3v) is 6.51. The molecule has 0 spiro atoms. The van der Waals surface area contributed by atoms with Gasteiger partial charge in [0, 0.05) is 30.9 Å². The number of hydrogen-bond acceptors (Lipinski definition) is 5. The Morgan fingerprint density at radius 1 is 1.19 bits per heavy atom. The van der Waals surface area contributed by atoms with Crippen molar-refractivity contribution < 1.29 is 14.0 Å². The highest BCUT2D eigenvalue weighted by atomic mass is 19.1. The number of hydrogen-bond donors (Lipinski definition) is 0. The van der Waals surface area contributed by atoms with E-state index in [2.05, 4.69) is 21.1 Å². The summed E-state index contributed by atoms with van der Waals surface area (Å²) in [5.41, 5.74) is 3.28. The lowest BCUT2D eigenvalue weighted by Crippen LogP contribution is -2.36. The third-order valence-electron chi connectivity index (χ3n) is 6.51. The van der Waals surface area contributed by atoms with E-state index in [1.807, 2.05) is 25.5 Å². The average molecular weight is 423 g/mol. The van der Waals surface area contributed by atoms with Crippen LogP contribution in [0.25, 0.3) is 5.65 Å². The molecular formula is C23H26FN5O2. The first-order valence-corrected chi connectivity index (χ1v) is 10.9. The second kappa shape index (κ2) is 8.34. The van der Waals surface area contributed by atoms with Gasteiger partial charge in [0.1, 0.15) is 6.33 Å². The van der Waals surface area contributed by atoms with Crippen molar-refractivity contribution in [3.05, 3.63) is 59.6 Å². The monoisotopic (exact) mass is 423 g/mol. The summed E-state index contributed by atoms with van der Waals surface area (Å²) >= 11 is 0. The molecule has 3 aromatic heterocycles. The molecule has 3 aromatic rings.